The van der Waals surface area contributed by atoms with E-state index in [1.54, 1.807) is 0 Å². The average molecular weight is 304 g/mol. The SMILES string of the molecule is C=CC(=C(C)C)C1(C)C2=C(C=CCC=C2)c2ccccc21.CC. The third kappa shape index (κ3) is 2.67. The van der Waals surface area contributed by atoms with Gasteiger partial charge in [0, 0.05) is 5.41 Å². The van der Waals surface area contributed by atoms with Crippen molar-refractivity contribution in [3.05, 3.63) is 89.1 Å². The van der Waals surface area contributed by atoms with E-state index in [4.69, 9.17) is 0 Å². The van der Waals surface area contributed by atoms with E-state index >= 15 is 0 Å². The molecule has 120 valence electrons. The molecule has 23 heavy (non-hydrogen) atoms. The monoisotopic (exact) mass is 304 g/mol. The molecule has 3 rings (SSSR count). The van der Waals surface area contributed by atoms with E-state index in [1.165, 1.54) is 33.4 Å². The molecule has 0 bridgehead atoms. The van der Waals surface area contributed by atoms with Crippen LogP contribution < -0.4 is 0 Å². The van der Waals surface area contributed by atoms with Crippen LogP contribution in [0.5, 0.6) is 0 Å². The lowest BCUT2D eigenvalue weighted by Crippen LogP contribution is -2.24. The molecule has 1 unspecified atom stereocenters. The van der Waals surface area contributed by atoms with E-state index in [2.05, 4.69) is 75.9 Å². The zero-order chi connectivity index (χ0) is 17.0. The molecule has 2 aliphatic rings. The van der Waals surface area contributed by atoms with Crippen molar-refractivity contribution in [2.75, 3.05) is 0 Å². The van der Waals surface area contributed by atoms with Crippen molar-refractivity contribution < 1.29 is 0 Å². The first-order valence-electron chi connectivity index (χ1n) is 8.58. The van der Waals surface area contributed by atoms with Crippen molar-refractivity contribution in [2.45, 2.75) is 46.5 Å². The summed E-state index contributed by atoms with van der Waals surface area (Å²) in [6, 6.07) is 8.78. The Morgan fingerprint density at radius 3 is 2.39 bits per heavy atom. The van der Waals surface area contributed by atoms with Gasteiger partial charge in [-0.05, 0) is 55.0 Å². The zero-order valence-electron chi connectivity index (χ0n) is 15.1. The van der Waals surface area contributed by atoms with Crippen molar-refractivity contribution in [2.24, 2.45) is 0 Å². The fourth-order valence-corrected chi connectivity index (χ4v) is 3.80. The van der Waals surface area contributed by atoms with Gasteiger partial charge in [0.15, 0.2) is 0 Å². The fourth-order valence-electron chi connectivity index (χ4n) is 3.80. The van der Waals surface area contributed by atoms with Gasteiger partial charge in [0.25, 0.3) is 0 Å². The van der Waals surface area contributed by atoms with Crippen molar-refractivity contribution in [3.8, 4) is 0 Å². The maximum atomic E-state index is 4.08. The smallest absolute Gasteiger partial charge is 0.0434 e. The number of rotatable bonds is 2. The minimum atomic E-state index is -0.0995. The fraction of sp³-hybridized carbons (Fsp3) is 0.304. The molecule has 1 atom stereocenters. The van der Waals surface area contributed by atoms with Crippen molar-refractivity contribution in [1.29, 1.82) is 0 Å². The maximum Gasteiger partial charge on any atom is 0.0434 e. The minimum Gasteiger partial charge on any atom is -0.0987 e. The number of benzene rings is 1. The van der Waals surface area contributed by atoms with E-state index in [0.29, 0.717) is 0 Å². The molecule has 2 aliphatic carbocycles. The Hall–Kier alpha value is -2.08. The van der Waals surface area contributed by atoms with E-state index in [9.17, 15) is 0 Å². The molecule has 0 heteroatoms. The summed E-state index contributed by atoms with van der Waals surface area (Å²) in [4.78, 5) is 0. The second-order valence-corrected chi connectivity index (χ2v) is 6.16. The molecule has 0 radical (unpaired) electrons. The van der Waals surface area contributed by atoms with Gasteiger partial charge >= 0.3 is 0 Å². The quantitative estimate of drug-likeness (QED) is 0.528. The van der Waals surface area contributed by atoms with Crippen LogP contribution in [0, 0.1) is 0 Å². The van der Waals surface area contributed by atoms with E-state index < -0.39 is 0 Å². The highest BCUT2D eigenvalue weighted by atomic mass is 14.4. The number of hydrogen-bond acceptors (Lipinski definition) is 0. The van der Waals surface area contributed by atoms with Crippen LogP contribution in [-0.4, -0.2) is 0 Å². The van der Waals surface area contributed by atoms with Gasteiger partial charge in [-0.3, -0.25) is 0 Å². The topological polar surface area (TPSA) is 0 Å². The first kappa shape index (κ1) is 17.3. The first-order valence-corrected chi connectivity index (χ1v) is 8.58. The molecule has 0 amide bonds. The standard InChI is InChI=1S/C21H22.C2H6/c1-5-18(15(2)3)21(4)19-13-8-6-7-11-16(19)17-12-9-10-14-20(17)21;1-2/h5,7-14H,1,6H2,2-4H3;1-2H3. The molecule has 0 saturated heterocycles. The van der Waals surface area contributed by atoms with Crippen LogP contribution in [0.25, 0.3) is 5.57 Å². The highest BCUT2D eigenvalue weighted by Gasteiger charge is 2.41. The van der Waals surface area contributed by atoms with Crippen LogP contribution >= 0.6 is 0 Å². The molecule has 1 aromatic carbocycles. The Kier molecular flexibility index (Phi) is 5.26. The number of fused-ring (bicyclic) bond motifs is 2. The summed E-state index contributed by atoms with van der Waals surface area (Å²) in [5, 5.41) is 0. The normalized spacial score (nSPS) is 20.9. The van der Waals surface area contributed by atoms with E-state index in [1.807, 2.05) is 19.9 Å². The van der Waals surface area contributed by atoms with Crippen molar-refractivity contribution in [1.82, 2.24) is 0 Å². The third-order valence-electron chi connectivity index (χ3n) is 4.71. The predicted molar refractivity (Wildman–Crippen MR) is 104 cm³/mol. The molecular weight excluding hydrogens is 276 g/mol. The lowest BCUT2D eigenvalue weighted by molar-refractivity contribution is 0.697. The molecule has 0 saturated carbocycles. The average Bonchev–Trinajstić information content (AvgIpc) is 2.74. The molecule has 0 aliphatic heterocycles. The van der Waals surface area contributed by atoms with Crippen LogP contribution in [0.2, 0.25) is 0 Å². The summed E-state index contributed by atoms with van der Waals surface area (Å²) in [5.74, 6) is 0. The lowest BCUT2D eigenvalue weighted by atomic mass is 9.71. The highest BCUT2D eigenvalue weighted by molar-refractivity contribution is 5.90. The van der Waals surface area contributed by atoms with Crippen LogP contribution in [0.1, 0.15) is 52.2 Å². The predicted octanol–water partition coefficient (Wildman–Crippen LogP) is 6.78. The summed E-state index contributed by atoms with van der Waals surface area (Å²) in [7, 11) is 0. The second kappa shape index (κ2) is 7.00. The molecule has 0 fully saturated rings. The third-order valence-corrected chi connectivity index (χ3v) is 4.71. The Morgan fingerprint density at radius 2 is 1.74 bits per heavy atom. The number of hydrogen-bond donors (Lipinski definition) is 0. The molecular formula is C23H28. The van der Waals surface area contributed by atoms with Crippen LogP contribution in [-0.2, 0) is 5.41 Å². The van der Waals surface area contributed by atoms with E-state index in [-0.39, 0.29) is 5.41 Å². The van der Waals surface area contributed by atoms with Crippen molar-refractivity contribution >= 4 is 5.57 Å². The van der Waals surface area contributed by atoms with Gasteiger partial charge in [-0.1, -0.05) is 80.6 Å². The Bertz CT molecular complexity index is 718. The molecule has 0 nitrogen and oxygen atoms in total. The maximum absolute atomic E-state index is 4.08. The van der Waals surface area contributed by atoms with Crippen LogP contribution in [0.4, 0.5) is 0 Å². The summed E-state index contributed by atoms with van der Waals surface area (Å²) < 4.78 is 0. The lowest BCUT2D eigenvalue weighted by Gasteiger charge is -2.31. The van der Waals surface area contributed by atoms with E-state index in [0.717, 1.165) is 6.42 Å². The van der Waals surface area contributed by atoms with Gasteiger partial charge in [-0.25, -0.2) is 0 Å². The summed E-state index contributed by atoms with van der Waals surface area (Å²) in [6.07, 6.45) is 12.1. The Labute approximate surface area is 141 Å². The molecule has 1 aromatic rings. The Morgan fingerprint density at radius 1 is 1.09 bits per heavy atom. The minimum absolute atomic E-state index is 0.0995. The largest absolute Gasteiger partial charge is 0.0987 e. The van der Waals surface area contributed by atoms with Gasteiger partial charge in [0.1, 0.15) is 0 Å². The van der Waals surface area contributed by atoms with Gasteiger partial charge in [0.05, 0.1) is 0 Å². The first-order chi connectivity index (χ1) is 11.1. The molecule has 0 heterocycles. The summed E-state index contributed by atoms with van der Waals surface area (Å²) >= 11 is 0. The number of allylic oxidation sites excluding steroid dienone is 9. The molecule has 0 spiro atoms. The zero-order valence-corrected chi connectivity index (χ0v) is 15.1. The van der Waals surface area contributed by atoms with Crippen LogP contribution in [0.15, 0.2) is 77.9 Å². The van der Waals surface area contributed by atoms with Crippen molar-refractivity contribution in [3.63, 3.8) is 0 Å². The Balaban J connectivity index is 0.000000924. The van der Waals surface area contributed by atoms with Gasteiger partial charge in [0.2, 0.25) is 0 Å². The molecule has 0 aromatic heterocycles. The second-order valence-electron chi connectivity index (χ2n) is 6.16. The van der Waals surface area contributed by atoms with Gasteiger partial charge in [-0.15, -0.1) is 0 Å². The molecule has 0 N–H and O–H groups in total. The van der Waals surface area contributed by atoms with Gasteiger partial charge < -0.3 is 0 Å². The summed E-state index contributed by atoms with van der Waals surface area (Å²) in [6.45, 7) is 14.8. The highest BCUT2D eigenvalue weighted by Crippen LogP contribution is 2.52. The van der Waals surface area contributed by atoms with Crippen LogP contribution in [0.3, 0.4) is 0 Å². The summed E-state index contributed by atoms with van der Waals surface area (Å²) in [5.41, 5.74) is 8.06. The van der Waals surface area contributed by atoms with Gasteiger partial charge in [-0.2, -0.15) is 0 Å².